The van der Waals surface area contributed by atoms with Gasteiger partial charge in [0.15, 0.2) is 6.10 Å². The number of carbonyl (C=O) groups excluding carboxylic acids is 1. The lowest BCUT2D eigenvalue weighted by Crippen LogP contribution is -2.40. The van der Waals surface area contributed by atoms with Crippen LogP contribution in [0, 0.1) is 6.92 Å². The van der Waals surface area contributed by atoms with Gasteiger partial charge in [-0.2, -0.15) is 0 Å². The maximum atomic E-state index is 12.1. The highest BCUT2D eigenvalue weighted by atomic mass is 16.5. The van der Waals surface area contributed by atoms with Crippen molar-refractivity contribution in [3.05, 3.63) is 29.3 Å². The van der Waals surface area contributed by atoms with Gasteiger partial charge in [0.05, 0.1) is 6.61 Å². The van der Waals surface area contributed by atoms with Crippen molar-refractivity contribution >= 4 is 5.91 Å². The Hall–Kier alpha value is -1.59. The lowest BCUT2D eigenvalue weighted by molar-refractivity contribution is -0.127. The lowest BCUT2D eigenvalue weighted by atomic mass is 10.0. The summed E-state index contributed by atoms with van der Waals surface area (Å²) in [5.41, 5.74) is 2.25. The number of carbonyl (C=O) groups is 1. The van der Waals surface area contributed by atoms with E-state index in [4.69, 9.17) is 9.47 Å². The molecular weight excluding hydrogens is 292 g/mol. The zero-order chi connectivity index (χ0) is 17.2. The minimum Gasteiger partial charge on any atom is -0.481 e. The van der Waals surface area contributed by atoms with Crippen molar-refractivity contribution in [1.82, 2.24) is 10.6 Å². The Morgan fingerprint density at radius 1 is 1.17 bits per heavy atom. The average molecular weight is 322 g/mol. The van der Waals surface area contributed by atoms with Crippen molar-refractivity contribution in [2.45, 2.75) is 39.7 Å². The quantitative estimate of drug-likeness (QED) is 0.649. The second-order valence-electron chi connectivity index (χ2n) is 5.97. The predicted octanol–water partition coefficient (Wildman–Crippen LogP) is 2.24. The third-order valence-electron chi connectivity index (χ3n) is 3.64. The summed E-state index contributed by atoms with van der Waals surface area (Å²) in [6.45, 7) is 10.8. The van der Waals surface area contributed by atoms with E-state index in [0.717, 1.165) is 17.9 Å². The van der Waals surface area contributed by atoms with Crippen LogP contribution in [0.5, 0.6) is 5.75 Å². The van der Waals surface area contributed by atoms with Gasteiger partial charge in [-0.15, -0.1) is 0 Å². The first-order chi connectivity index (χ1) is 11.0. The topological polar surface area (TPSA) is 59.6 Å². The molecule has 1 aromatic carbocycles. The van der Waals surface area contributed by atoms with E-state index >= 15 is 0 Å². The smallest absolute Gasteiger partial charge is 0.260 e. The highest BCUT2D eigenvalue weighted by Crippen LogP contribution is 2.25. The van der Waals surface area contributed by atoms with Crippen LogP contribution in [-0.4, -0.2) is 45.4 Å². The predicted molar refractivity (Wildman–Crippen MR) is 93.1 cm³/mol. The minimum atomic E-state index is -0.518. The molecular formula is C18H30N2O3. The normalized spacial score (nSPS) is 12.3. The van der Waals surface area contributed by atoms with Crippen molar-refractivity contribution in [2.75, 3.05) is 33.4 Å². The van der Waals surface area contributed by atoms with Crippen molar-refractivity contribution in [3.8, 4) is 5.75 Å². The van der Waals surface area contributed by atoms with E-state index in [0.29, 0.717) is 25.6 Å². The fourth-order valence-electron chi connectivity index (χ4n) is 2.06. The summed E-state index contributed by atoms with van der Waals surface area (Å²) in [6, 6.07) is 6.16. The number of aryl methyl sites for hydroxylation is 1. The monoisotopic (exact) mass is 322 g/mol. The van der Waals surface area contributed by atoms with Crippen LogP contribution in [-0.2, 0) is 9.53 Å². The van der Waals surface area contributed by atoms with Gasteiger partial charge in [0.1, 0.15) is 5.75 Å². The summed E-state index contributed by atoms with van der Waals surface area (Å²) in [5.74, 6) is 1.10. The number of hydrogen-bond acceptors (Lipinski definition) is 4. The molecule has 5 nitrogen and oxygen atoms in total. The Kier molecular flexibility index (Phi) is 8.66. The van der Waals surface area contributed by atoms with E-state index in [9.17, 15) is 4.79 Å². The summed E-state index contributed by atoms with van der Waals surface area (Å²) in [6.07, 6.45) is -0.518. The van der Waals surface area contributed by atoms with E-state index in [-0.39, 0.29) is 5.91 Å². The van der Waals surface area contributed by atoms with E-state index < -0.39 is 6.10 Å². The summed E-state index contributed by atoms with van der Waals surface area (Å²) in [4.78, 5) is 12.1. The first-order valence-electron chi connectivity index (χ1n) is 8.20. The Bertz CT molecular complexity index is 489. The van der Waals surface area contributed by atoms with Crippen LogP contribution in [0.2, 0.25) is 0 Å². The van der Waals surface area contributed by atoms with Gasteiger partial charge in [-0.05, 0) is 37.0 Å². The van der Waals surface area contributed by atoms with E-state index in [1.807, 2.05) is 19.1 Å². The number of ether oxygens (including phenoxy) is 2. The molecule has 1 atom stereocenters. The first-order valence-corrected chi connectivity index (χ1v) is 8.20. The summed E-state index contributed by atoms with van der Waals surface area (Å²) < 4.78 is 10.8. The highest BCUT2D eigenvalue weighted by molar-refractivity contribution is 5.80. The molecule has 1 aromatic rings. The number of benzene rings is 1. The van der Waals surface area contributed by atoms with Gasteiger partial charge in [-0.3, -0.25) is 4.79 Å². The van der Waals surface area contributed by atoms with E-state index in [1.54, 1.807) is 14.0 Å². The Morgan fingerprint density at radius 3 is 2.57 bits per heavy atom. The maximum absolute atomic E-state index is 12.1. The first kappa shape index (κ1) is 19.5. The number of amides is 1. The van der Waals surface area contributed by atoms with Crippen LogP contribution in [0.1, 0.15) is 37.8 Å². The summed E-state index contributed by atoms with van der Waals surface area (Å²) in [7, 11) is 1.67. The second-order valence-corrected chi connectivity index (χ2v) is 5.97. The minimum absolute atomic E-state index is 0.104. The van der Waals surface area contributed by atoms with Gasteiger partial charge in [0, 0.05) is 26.7 Å². The van der Waals surface area contributed by atoms with Crippen LogP contribution >= 0.6 is 0 Å². The SMILES string of the molecule is COCCNCCNC(=O)C(C)Oc1cc(C(C)C)ccc1C. The molecule has 2 N–H and O–H groups in total. The van der Waals surface area contributed by atoms with Crippen LogP contribution in [0.4, 0.5) is 0 Å². The lowest BCUT2D eigenvalue weighted by Gasteiger charge is -2.18. The molecule has 0 aromatic heterocycles. The number of rotatable bonds is 10. The van der Waals surface area contributed by atoms with Gasteiger partial charge in [-0.1, -0.05) is 26.0 Å². The van der Waals surface area contributed by atoms with Crippen LogP contribution in [0.25, 0.3) is 0 Å². The molecule has 0 saturated heterocycles. The summed E-state index contributed by atoms with van der Waals surface area (Å²) in [5, 5.41) is 6.05. The second kappa shape index (κ2) is 10.2. The maximum Gasteiger partial charge on any atom is 0.260 e. The third-order valence-corrected chi connectivity index (χ3v) is 3.64. The fourth-order valence-corrected chi connectivity index (χ4v) is 2.06. The van der Waals surface area contributed by atoms with Crippen LogP contribution in [0.3, 0.4) is 0 Å². The average Bonchev–Trinajstić information content (AvgIpc) is 2.52. The van der Waals surface area contributed by atoms with Gasteiger partial charge >= 0.3 is 0 Å². The van der Waals surface area contributed by atoms with Gasteiger partial charge < -0.3 is 20.1 Å². The Morgan fingerprint density at radius 2 is 1.91 bits per heavy atom. The molecule has 0 aliphatic heterocycles. The number of hydrogen-bond donors (Lipinski definition) is 2. The zero-order valence-electron chi connectivity index (χ0n) is 14.9. The van der Waals surface area contributed by atoms with Crippen molar-refractivity contribution < 1.29 is 14.3 Å². The molecule has 0 spiro atoms. The molecule has 5 heteroatoms. The molecule has 0 saturated carbocycles. The molecule has 0 radical (unpaired) electrons. The standard InChI is InChI=1S/C18H30N2O3/c1-13(2)16-7-6-14(3)17(12-16)23-15(4)18(21)20-9-8-19-10-11-22-5/h6-7,12-13,15,19H,8-11H2,1-5H3,(H,20,21). The third kappa shape index (κ3) is 7.01. The van der Waals surface area contributed by atoms with Crippen LogP contribution < -0.4 is 15.4 Å². The van der Waals surface area contributed by atoms with Crippen LogP contribution in [0.15, 0.2) is 18.2 Å². The number of nitrogens with one attached hydrogen (secondary N) is 2. The van der Waals surface area contributed by atoms with E-state index in [1.165, 1.54) is 5.56 Å². The van der Waals surface area contributed by atoms with E-state index in [2.05, 4.69) is 30.5 Å². The molecule has 1 amide bonds. The molecule has 130 valence electrons. The summed E-state index contributed by atoms with van der Waals surface area (Å²) >= 11 is 0. The van der Waals surface area contributed by atoms with Crippen molar-refractivity contribution in [2.24, 2.45) is 0 Å². The van der Waals surface area contributed by atoms with Crippen molar-refractivity contribution in [1.29, 1.82) is 0 Å². The largest absolute Gasteiger partial charge is 0.481 e. The molecule has 1 unspecified atom stereocenters. The number of methoxy groups -OCH3 is 1. The Balaban J connectivity index is 2.44. The molecule has 1 rings (SSSR count). The highest BCUT2D eigenvalue weighted by Gasteiger charge is 2.15. The Labute approximate surface area is 139 Å². The molecule has 0 aliphatic rings. The molecule has 0 bridgehead atoms. The van der Waals surface area contributed by atoms with Crippen molar-refractivity contribution in [3.63, 3.8) is 0 Å². The van der Waals surface area contributed by atoms with Gasteiger partial charge in [-0.25, -0.2) is 0 Å². The molecule has 23 heavy (non-hydrogen) atoms. The molecule has 0 fully saturated rings. The molecule has 0 aliphatic carbocycles. The van der Waals surface area contributed by atoms with Gasteiger partial charge in [0.2, 0.25) is 0 Å². The van der Waals surface area contributed by atoms with Gasteiger partial charge in [0.25, 0.3) is 5.91 Å². The fraction of sp³-hybridized carbons (Fsp3) is 0.611. The zero-order valence-corrected chi connectivity index (χ0v) is 14.9. The molecule has 0 heterocycles.